The lowest BCUT2D eigenvalue weighted by atomic mass is 10.2. The lowest BCUT2D eigenvalue weighted by molar-refractivity contribution is 0.0398. The van der Waals surface area contributed by atoms with Gasteiger partial charge in [-0.3, -0.25) is 5.32 Å². The molecule has 10 nitrogen and oxygen atoms in total. The summed E-state index contributed by atoms with van der Waals surface area (Å²) in [5.41, 5.74) is -0.811. The van der Waals surface area contributed by atoms with Gasteiger partial charge in [-0.1, -0.05) is 0 Å². The number of benzene rings is 1. The number of carbonyl (C=O) groups excluding carboxylic acids is 4. The minimum atomic E-state index is -1.20. The number of carbonyl (C=O) groups is 4. The van der Waals surface area contributed by atoms with E-state index in [4.69, 9.17) is 9.47 Å². The van der Waals surface area contributed by atoms with Crippen molar-refractivity contribution in [2.24, 2.45) is 0 Å². The Bertz CT molecular complexity index is 737. The van der Waals surface area contributed by atoms with E-state index in [1.54, 1.807) is 27.7 Å². The lowest BCUT2D eigenvalue weighted by Gasteiger charge is -2.20. The highest BCUT2D eigenvalue weighted by Crippen LogP contribution is 2.25. The average molecular weight is 397 g/mol. The third-order valence-electron chi connectivity index (χ3n) is 2.74. The molecule has 0 aliphatic rings. The zero-order valence-electron chi connectivity index (χ0n) is 16.3. The van der Waals surface area contributed by atoms with Crippen molar-refractivity contribution in [3.05, 3.63) is 23.8 Å². The smallest absolute Gasteiger partial charge is 0.444 e. The molecule has 0 bridgehead atoms. The average Bonchev–Trinajstić information content (AvgIpc) is 2.53. The molecule has 28 heavy (non-hydrogen) atoms. The van der Waals surface area contributed by atoms with Crippen molar-refractivity contribution in [3.63, 3.8) is 0 Å². The number of anilines is 1. The number of hydrogen-bond donors (Lipinski definition) is 1. The van der Waals surface area contributed by atoms with E-state index >= 15 is 0 Å². The maximum Gasteiger partial charge on any atom is 0.516 e. The van der Waals surface area contributed by atoms with E-state index in [2.05, 4.69) is 19.5 Å². The van der Waals surface area contributed by atoms with Crippen molar-refractivity contribution >= 4 is 30.1 Å². The Morgan fingerprint density at radius 3 is 2.14 bits per heavy atom. The van der Waals surface area contributed by atoms with Crippen LogP contribution in [0.5, 0.6) is 5.75 Å². The minimum absolute atomic E-state index is 0.0110. The van der Waals surface area contributed by atoms with Gasteiger partial charge >= 0.3 is 24.4 Å². The van der Waals surface area contributed by atoms with Gasteiger partial charge < -0.3 is 23.7 Å². The van der Waals surface area contributed by atoms with Crippen molar-refractivity contribution < 1.29 is 42.9 Å². The predicted octanol–water partition coefficient (Wildman–Crippen LogP) is 3.88. The van der Waals surface area contributed by atoms with Crippen LogP contribution in [-0.2, 0) is 18.9 Å². The fraction of sp³-hybridized carbons (Fsp3) is 0.444. The van der Waals surface area contributed by atoms with Gasteiger partial charge in [0.05, 0.1) is 13.2 Å². The van der Waals surface area contributed by atoms with Gasteiger partial charge in [-0.2, -0.15) is 0 Å². The van der Waals surface area contributed by atoms with Crippen LogP contribution in [0.1, 0.15) is 45.0 Å². The van der Waals surface area contributed by atoms with Gasteiger partial charge in [-0.15, -0.1) is 0 Å². The third-order valence-corrected chi connectivity index (χ3v) is 2.74. The molecule has 0 heterocycles. The second-order valence-corrected chi connectivity index (χ2v) is 6.20. The molecule has 0 fully saturated rings. The van der Waals surface area contributed by atoms with Crippen LogP contribution in [0.4, 0.5) is 20.1 Å². The maximum atomic E-state index is 12.1. The molecule has 1 N–H and O–H groups in total. The van der Waals surface area contributed by atoms with Crippen LogP contribution in [0, 0.1) is 0 Å². The second kappa shape index (κ2) is 10.1. The Hall–Kier alpha value is -3.30. The molecular weight excluding hydrogens is 374 g/mol. The molecule has 0 aliphatic carbocycles. The summed E-state index contributed by atoms with van der Waals surface area (Å²) in [7, 11) is 0. The van der Waals surface area contributed by atoms with Gasteiger partial charge in [0.1, 0.15) is 11.2 Å². The monoisotopic (exact) mass is 397 g/mol. The summed E-state index contributed by atoms with van der Waals surface area (Å²) >= 11 is 0. The van der Waals surface area contributed by atoms with E-state index in [0.29, 0.717) is 0 Å². The zero-order chi connectivity index (χ0) is 21.3. The number of nitrogens with one attached hydrogen (secondary N) is 1. The summed E-state index contributed by atoms with van der Waals surface area (Å²) in [6.45, 7) is 8.23. The largest absolute Gasteiger partial charge is 0.516 e. The molecule has 0 atom stereocenters. The number of rotatable bonds is 5. The number of hydrogen-bond acceptors (Lipinski definition) is 9. The van der Waals surface area contributed by atoms with Gasteiger partial charge in [-0.25, -0.2) is 19.2 Å². The van der Waals surface area contributed by atoms with E-state index in [1.165, 1.54) is 25.1 Å². The second-order valence-electron chi connectivity index (χ2n) is 6.20. The first kappa shape index (κ1) is 22.7. The van der Waals surface area contributed by atoms with E-state index in [9.17, 15) is 19.2 Å². The van der Waals surface area contributed by atoms with Gasteiger partial charge in [0.2, 0.25) is 0 Å². The summed E-state index contributed by atoms with van der Waals surface area (Å²) in [5.74, 6) is -1.40. The maximum absolute atomic E-state index is 12.1. The molecule has 0 saturated carbocycles. The molecule has 0 saturated heterocycles. The summed E-state index contributed by atoms with van der Waals surface area (Å²) in [6.07, 6.45) is -3.04. The molecular formula is C18H23NO9. The summed E-state index contributed by atoms with van der Waals surface area (Å²) in [4.78, 5) is 47.0. The molecule has 0 aromatic heterocycles. The fourth-order valence-corrected chi connectivity index (χ4v) is 1.79. The highest BCUT2D eigenvalue weighted by molar-refractivity contribution is 5.99. The Kier molecular flexibility index (Phi) is 8.24. The van der Waals surface area contributed by atoms with Crippen molar-refractivity contribution in [1.29, 1.82) is 0 Å². The minimum Gasteiger partial charge on any atom is -0.444 e. The molecule has 0 aliphatic heterocycles. The van der Waals surface area contributed by atoms with Crippen LogP contribution in [0.25, 0.3) is 0 Å². The van der Waals surface area contributed by atoms with Gasteiger partial charge in [0.25, 0.3) is 0 Å². The lowest BCUT2D eigenvalue weighted by Crippen LogP contribution is -2.27. The van der Waals surface area contributed by atoms with Crippen LogP contribution in [0.2, 0.25) is 0 Å². The van der Waals surface area contributed by atoms with Crippen molar-refractivity contribution in [3.8, 4) is 5.75 Å². The molecule has 154 valence electrons. The quantitative estimate of drug-likeness (QED) is 0.341. The van der Waals surface area contributed by atoms with Crippen LogP contribution in [0.15, 0.2) is 18.2 Å². The first-order valence-electron chi connectivity index (χ1n) is 8.43. The standard InChI is InChI=1S/C18H23NO9/c1-6-24-16(22)26-13-10-11(19-15(21)28-18(3,4)5)8-9-12(13)14(20)27-17(23)25-7-2/h8-10H,6-7H2,1-5H3,(H,19,21). The van der Waals surface area contributed by atoms with Gasteiger partial charge in [-0.05, 0) is 46.8 Å². The van der Waals surface area contributed by atoms with E-state index in [0.717, 1.165) is 0 Å². The van der Waals surface area contributed by atoms with E-state index < -0.39 is 30.0 Å². The highest BCUT2D eigenvalue weighted by atomic mass is 16.7. The van der Waals surface area contributed by atoms with Crippen LogP contribution in [0.3, 0.4) is 0 Å². The highest BCUT2D eigenvalue weighted by Gasteiger charge is 2.22. The number of ether oxygens (including phenoxy) is 5. The molecule has 0 spiro atoms. The fourth-order valence-electron chi connectivity index (χ4n) is 1.79. The zero-order valence-corrected chi connectivity index (χ0v) is 16.3. The summed E-state index contributed by atoms with van der Waals surface area (Å²) < 4.78 is 23.8. The van der Waals surface area contributed by atoms with Gasteiger partial charge in [0, 0.05) is 11.8 Å². The molecule has 10 heteroatoms. The normalized spacial score (nSPS) is 10.5. The summed E-state index contributed by atoms with van der Waals surface area (Å²) in [5, 5.41) is 2.43. The third kappa shape index (κ3) is 7.94. The molecule has 1 amide bonds. The molecule has 0 radical (unpaired) electrons. The van der Waals surface area contributed by atoms with Crippen molar-refractivity contribution in [2.45, 2.75) is 40.2 Å². The first-order chi connectivity index (χ1) is 13.1. The van der Waals surface area contributed by atoms with E-state index in [-0.39, 0.29) is 30.2 Å². The molecule has 1 aromatic rings. The van der Waals surface area contributed by atoms with Crippen molar-refractivity contribution in [2.75, 3.05) is 18.5 Å². The molecule has 1 aromatic carbocycles. The Balaban J connectivity index is 3.08. The summed E-state index contributed by atoms with van der Waals surface area (Å²) in [6, 6.07) is 3.72. The Morgan fingerprint density at radius 2 is 1.57 bits per heavy atom. The molecule has 1 rings (SSSR count). The van der Waals surface area contributed by atoms with Crippen molar-refractivity contribution in [1.82, 2.24) is 0 Å². The Morgan fingerprint density at radius 1 is 0.964 bits per heavy atom. The predicted molar refractivity (Wildman–Crippen MR) is 96.4 cm³/mol. The van der Waals surface area contributed by atoms with Gasteiger partial charge in [0.15, 0.2) is 5.75 Å². The number of amides is 1. The van der Waals surface area contributed by atoms with Crippen LogP contribution < -0.4 is 10.1 Å². The number of esters is 1. The van der Waals surface area contributed by atoms with E-state index in [1.807, 2.05) is 0 Å². The van der Waals surface area contributed by atoms with Crippen LogP contribution >= 0.6 is 0 Å². The SMILES string of the molecule is CCOC(=O)OC(=O)c1ccc(NC(=O)OC(C)(C)C)cc1OC(=O)OCC. The Labute approximate surface area is 162 Å². The molecule has 0 unspecified atom stereocenters. The van der Waals surface area contributed by atoms with Crippen LogP contribution in [-0.4, -0.2) is 43.2 Å². The first-order valence-corrected chi connectivity index (χ1v) is 8.43. The topological polar surface area (TPSA) is 126 Å².